The van der Waals surface area contributed by atoms with Gasteiger partial charge >= 0.3 is 0 Å². The van der Waals surface area contributed by atoms with Crippen LogP contribution in [0.5, 0.6) is 0 Å². The number of amides is 1. The first-order valence-corrected chi connectivity index (χ1v) is 10.5. The predicted molar refractivity (Wildman–Crippen MR) is 111 cm³/mol. The molecule has 2 aromatic rings. The Morgan fingerprint density at radius 1 is 0.964 bits per heavy atom. The van der Waals surface area contributed by atoms with Crippen molar-refractivity contribution in [2.45, 2.75) is 43.7 Å². The Morgan fingerprint density at radius 3 is 2.25 bits per heavy atom. The maximum Gasteiger partial charge on any atom is 0.251 e. The van der Waals surface area contributed by atoms with E-state index in [1.807, 2.05) is 36.4 Å². The van der Waals surface area contributed by atoms with Gasteiger partial charge < -0.3 is 10.4 Å². The molecule has 0 radical (unpaired) electrons. The van der Waals surface area contributed by atoms with Gasteiger partial charge in [-0.15, -0.1) is 0 Å². The van der Waals surface area contributed by atoms with Crippen LogP contribution >= 0.6 is 0 Å². The minimum Gasteiger partial charge on any atom is -0.395 e. The third-order valence-corrected chi connectivity index (χ3v) is 6.50. The molecule has 0 aromatic heterocycles. The molecule has 4 heteroatoms. The summed E-state index contributed by atoms with van der Waals surface area (Å²) in [4.78, 5) is 15.0. The number of carbonyl (C=O) groups is 1. The zero-order chi connectivity index (χ0) is 19.3. The van der Waals surface area contributed by atoms with Crippen LogP contribution in [0.2, 0.25) is 0 Å². The molecule has 1 heterocycles. The molecule has 2 aliphatic rings. The topological polar surface area (TPSA) is 52.6 Å². The van der Waals surface area contributed by atoms with E-state index >= 15 is 0 Å². The molecule has 4 nitrogen and oxygen atoms in total. The van der Waals surface area contributed by atoms with Crippen LogP contribution in [0.15, 0.2) is 60.7 Å². The highest BCUT2D eigenvalue weighted by Crippen LogP contribution is 2.42. The summed E-state index contributed by atoms with van der Waals surface area (Å²) in [5.41, 5.74) is 1.95. The Bertz CT molecular complexity index is 759. The summed E-state index contributed by atoms with van der Waals surface area (Å²) in [5.74, 6) is 0.947. The molecule has 1 aliphatic carbocycles. The summed E-state index contributed by atoms with van der Waals surface area (Å²) in [5, 5.41) is 13.2. The van der Waals surface area contributed by atoms with E-state index in [0.717, 1.165) is 12.5 Å². The minimum absolute atomic E-state index is 0.0272. The van der Waals surface area contributed by atoms with Gasteiger partial charge in [0.1, 0.15) is 0 Å². The van der Waals surface area contributed by atoms with Crippen molar-refractivity contribution in [3.8, 4) is 0 Å². The first-order valence-electron chi connectivity index (χ1n) is 10.5. The number of aliphatic hydroxyl groups is 1. The molecule has 1 amide bonds. The molecule has 2 N–H and O–H groups in total. The summed E-state index contributed by atoms with van der Waals surface area (Å²) in [6.45, 7) is 1.80. The minimum atomic E-state index is -0.0272. The van der Waals surface area contributed by atoms with E-state index in [-0.39, 0.29) is 30.5 Å². The number of nitrogens with one attached hydrogen (secondary N) is 1. The highest BCUT2D eigenvalue weighted by molar-refractivity contribution is 5.94. The Balaban J connectivity index is 1.49. The maximum atomic E-state index is 12.6. The van der Waals surface area contributed by atoms with Gasteiger partial charge in [-0.05, 0) is 36.5 Å². The summed E-state index contributed by atoms with van der Waals surface area (Å²) < 4.78 is 0. The van der Waals surface area contributed by atoms with E-state index in [0.29, 0.717) is 12.1 Å². The van der Waals surface area contributed by atoms with Crippen molar-refractivity contribution in [1.29, 1.82) is 0 Å². The van der Waals surface area contributed by atoms with Crippen molar-refractivity contribution in [1.82, 2.24) is 10.2 Å². The average molecular weight is 379 g/mol. The van der Waals surface area contributed by atoms with E-state index in [1.54, 1.807) is 0 Å². The van der Waals surface area contributed by atoms with E-state index < -0.39 is 0 Å². The van der Waals surface area contributed by atoms with Crippen molar-refractivity contribution in [3.63, 3.8) is 0 Å². The van der Waals surface area contributed by atoms with E-state index in [1.165, 1.54) is 31.2 Å². The first-order chi connectivity index (χ1) is 13.8. The Morgan fingerprint density at radius 2 is 1.61 bits per heavy atom. The lowest BCUT2D eigenvalue weighted by molar-refractivity contribution is -0.0506. The van der Waals surface area contributed by atoms with Crippen molar-refractivity contribution in [3.05, 3.63) is 71.8 Å². The maximum absolute atomic E-state index is 12.6. The molecule has 0 spiro atoms. The van der Waals surface area contributed by atoms with Gasteiger partial charge in [-0.3, -0.25) is 9.69 Å². The Kier molecular flexibility index (Phi) is 6.08. The number of hydrogen-bond donors (Lipinski definition) is 2. The van der Waals surface area contributed by atoms with Crippen molar-refractivity contribution < 1.29 is 9.90 Å². The van der Waals surface area contributed by atoms with Crippen LogP contribution in [0.4, 0.5) is 0 Å². The molecular weight excluding hydrogens is 348 g/mol. The number of nitrogens with zero attached hydrogens (tertiary/aromatic N) is 1. The largest absolute Gasteiger partial charge is 0.395 e. The quantitative estimate of drug-likeness (QED) is 0.776. The fourth-order valence-corrected chi connectivity index (χ4v) is 5.05. The molecule has 2 aromatic carbocycles. The summed E-state index contributed by atoms with van der Waals surface area (Å²) in [7, 11) is 0. The van der Waals surface area contributed by atoms with Crippen LogP contribution < -0.4 is 5.32 Å². The van der Waals surface area contributed by atoms with Gasteiger partial charge in [0.15, 0.2) is 0 Å². The highest BCUT2D eigenvalue weighted by Gasteiger charge is 2.49. The summed E-state index contributed by atoms with van der Waals surface area (Å²) >= 11 is 0. The predicted octanol–water partition coefficient (Wildman–Crippen LogP) is 3.44. The molecule has 28 heavy (non-hydrogen) atoms. The van der Waals surface area contributed by atoms with Gasteiger partial charge in [-0.25, -0.2) is 0 Å². The lowest BCUT2D eigenvalue weighted by Gasteiger charge is -2.56. The molecule has 4 rings (SSSR count). The second-order valence-electron chi connectivity index (χ2n) is 8.18. The Labute approximate surface area is 167 Å². The van der Waals surface area contributed by atoms with Crippen molar-refractivity contribution in [2.75, 3.05) is 19.7 Å². The molecule has 1 saturated heterocycles. The van der Waals surface area contributed by atoms with Gasteiger partial charge in [-0.1, -0.05) is 61.4 Å². The van der Waals surface area contributed by atoms with Crippen molar-refractivity contribution >= 4 is 5.91 Å². The number of hydrogen-bond acceptors (Lipinski definition) is 3. The van der Waals surface area contributed by atoms with Crippen LogP contribution in [-0.4, -0.2) is 47.7 Å². The lowest BCUT2D eigenvalue weighted by Crippen LogP contribution is -2.67. The molecule has 1 saturated carbocycles. The fraction of sp³-hybridized carbons (Fsp3) is 0.458. The normalized spacial score (nSPS) is 25.4. The average Bonchev–Trinajstić information content (AvgIpc) is 3.25. The number of aliphatic hydroxyl groups excluding tert-OH is 1. The van der Waals surface area contributed by atoms with Crippen LogP contribution in [0.3, 0.4) is 0 Å². The number of likely N-dealkylation sites (tertiary alicyclic amines) is 1. The van der Waals surface area contributed by atoms with Crippen LogP contribution in [-0.2, 0) is 0 Å². The van der Waals surface area contributed by atoms with Gasteiger partial charge in [0.25, 0.3) is 5.91 Å². The molecular formula is C24H30N2O2. The molecule has 2 fully saturated rings. The van der Waals surface area contributed by atoms with E-state index in [2.05, 4.69) is 34.5 Å². The summed E-state index contributed by atoms with van der Waals surface area (Å²) in [6, 6.07) is 20.2. The number of benzene rings is 2. The second-order valence-corrected chi connectivity index (χ2v) is 8.18. The SMILES string of the molecule is O=C(NC[C@@H]1[C@H](c2ccccc2)[C@H](CO)N1CC1CCCC1)c1ccccc1. The first kappa shape index (κ1) is 19.2. The Hall–Kier alpha value is -2.17. The van der Waals surface area contributed by atoms with E-state index in [9.17, 15) is 9.90 Å². The van der Waals surface area contributed by atoms with Gasteiger partial charge in [0.05, 0.1) is 6.61 Å². The number of carbonyl (C=O) groups excluding carboxylic acids is 1. The third-order valence-electron chi connectivity index (χ3n) is 6.50. The van der Waals surface area contributed by atoms with Gasteiger partial charge in [0.2, 0.25) is 0 Å². The fourth-order valence-electron chi connectivity index (χ4n) is 5.05. The van der Waals surface area contributed by atoms with Gasteiger partial charge in [0, 0.05) is 36.7 Å². The third kappa shape index (κ3) is 3.98. The van der Waals surface area contributed by atoms with Crippen LogP contribution in [0.1, 0.15) is 47.5 Å². The molecule has 148 valence electrons. The van der Waals surface area contributed by atoms with Crippen molar-refractivity contribution in [2.24, 2.45) is 5.92 Å². The highest BCUT2D eigenvalue weighted by atomic mass is 16.3. The lowest BCUT2D eigenvalue weighted by atomic mass is 9.74. The zero-order valence-electron chi connectivity index (χ0n) is 16.3. The monoisotopic (exact) mass is 378 g/mol. The smallest absolute Gasteiger partial charge is 0.251 e. The molecule has 0 unspecified atom stereocenters. The number of rotatable bonds is 7. The molecule has 1 aliphatic heterocycles. The van der Waals surface area contributed by atoms with E-state index in [4.69, 9.17) is 0 Å². The molecule has 3 atom stereocenters. The second kappa shape index (κ2) is 8.89. The van der Waals surface area contributed by atoms with Gasteiger partial charge in [-0.2, -0.15) is 0 Å². The standard InChI is InChI=1S/C24H30N2O2/c27-17-22-23(19-11-3-1-4-12-19)21(26(22)16-18-9-7-8-10-18)15-25-24(28)20-13-5-2-6-14-20/h1-6,11-14,18,21-23,27H,7-10,15-17H2,(H,25,28)/t21-,22+,23+/m1/s1. The van der Waals surface area contributed by atoms with Crippen LogP contribution in [0, 0.1) is 5.92 Å². The summed E-state index contributed by atoms with van der Waals surface area (Å²) in [6.07, 6.45) is 5.21. The van der Waals surface area contributed by atoms with Crippen LogP contribution in [0.25, 0.3) is 0 Å². The molecule has 0 bridgehead atoms. The zero-order valence-corrected chi connectivity index (χ0v) is 16.3.